The highest BCUT2D eigenvalue weighted by Crippen LogP contribution is 2.60. The summed E-state index contributed by atoms with van der Waals surface area (Å²) in [5, 5.41) is 21.3. The van der Waals surface area contributed by atoms with Crippen LogP contribution >= 0.6 is 0 Å². The Morgan fingerprint density at radius 3 is 2.85 bits per heavy atom. The molecule has 1 aromatic carbocycles. The normalized spacial score (nSPS) is 34.1. The highest BCUT2D eigenvalue weighted by Gasteiger charge is 2.54. The molecular formula is C21H27NO5. The largest absolute Gasteiger partial charge is 0.480 e. The first-order valence-electron chi connectivity index (χ1n) is 9.87. The Morgan fingerprint density at radius 1 is 1.26 bits per heavy atom. The van der Waals surface area contributed by atoms with Crippen LogP contribution in [0.2, 0.25) is 0 Å². The van der Waals surface area contributed by atoms with Crippen LogP contribution in [0.15, 0.2) is 18.2 Å². The monoisotopic (exact) mass is 373 g/mol. The number of benzene rings is 1. The van der Waals surface area contributed by atoms with E-state index in [1.807, 2.05) is 6.07 Å². The summed E-state index contributed by atoms with van der Waals surface area (Å²) in [6.07, 6.45) is 5.36. The lowest BCUT2D eigenvalue weighted by Crippen LogP contribution is -2.43. The summed E-state index contributed by atoms with van der Waals surface area (Å²) >= 11 is 0. The summed E-state index contributed by atoms with van der Waals surface area (Å²) in [6, 6.07) is 5.79. The number of carboxylic acids is 1. The molecule has 5 atom stereocenters. The Bertz CT molecular complexity index is 763. The maximum Gasteiger partial charge on any atom is 0.413 e. The number of fused-ring (bicyclic) bond motifs is 5. The number of rotatable bonds is 3. The lowest BCUT2D eigenvalue weighted by molar-refractivity contribution is -0.135. The van der Waals surface area contributed by atoms with E-state index in [1.54, 1.807) is 6.07 Å². The highest BCUT2D eigenvalue weighted by molar-refractivity contribution is 5.77. The standard InChI is InChI=1S/C21H27NO5/c1-21-9-8-15-14-5-3-13(27-20(26)22-11-19(24)25)10-12(14)2-4-16(15)17(21)6-7-18(21)23/h3,5,10,15-18,23H,2,4,6-9,11H2,1H3,(H,22,26)(H,24,25)/t15-,16-,17+,18+,21+/m1/s1. The smallest absolute Gasteiger partial charge is 0.413 e. The van der Waals surface area contributed by atoms with Gasteiger partial charge in [0.1, 0.15) is 12.3 Å². The number of nitrogens with one attached hydrogen (secondary N) is 1. The predicted molar refractivity (Wildman–Crippen MR) is 98.7 cm³/mol. The first-order valence-corrected chi connectivity index (χ1v) is 9.87. The number of aryl methyl sites for hydroxylation is 1. The zero-order valence-electron chi connectivity index (χ0n) is 15.6. The van der Waals surface area contributed by atoms with Crippen LogP contribution in [0.1, 0.15) is 56.1 Å². The van der Waals surface area contributed by atoms with E-state index in [4.69, 9.17) is 9.84 Å². The summed E-state index contributed by atoms with van der Waals surface area (Å²) in [5.74, 6) is 1.08. The third kappa shape index (κ3) is 3.20. The Morgan fingerprint density at radius 2 is 2.07 bits per heavy atom. The molecule has 2 fully saturated rings. The Balaban J connectivity index is 1.49. The fourth-order valence-electron chi connectivity index (χ4n) is 5.89. The van der Waals surface area contributed by atoms with E-state index in [0.717, 1.165) is 38.5 Å². The van der Waals surface area contributed by atoms with Crippen LogP contribution in [-0.2, 0) is 11.2 Å². The first kappa shape index (κ1) is 18.3. The van der Waals surface area contributed by atoms with Crippen LogP contribution in [0.25, 0.3) is 0 Å². The number of carboxylic acid groups (broad SMARTS) is 1. The fraction of sp³-hybridized carbons (Fsp3) is 0.619. The summed E-state index contributed by atoms with van der Waals surface area (Å²) in [4.78, 5) is 22.2. The van der Waals surface area contributed by atoms with E-state index in [1.165, 1.54) is 11.1 Å². The molecule has 0 heterocycles. The van der Waals surface area contributed by atoms with Gasteiger partial charge in [-0.2, -0.15) is 0 Å². The molecule has 3 aliphatic rings. The first-order chi connectivity index (χ1) is 12.9. The van der Waals surface area contributed by atoms with Crippen LogP contribution < -0.4 is 10.1 Å². The molecule has 0 spiro atoms. The molecule has 0 aliphatic heterocycles. The summed E-state index contributed by atoms with van der Waals surface area (Å²) in [7, 11) is 0. The fourth-order valence-corrected chi connectivity index (χ4v) is 5.89. The molecular weight excluding hydrogens is 346 g/mol. The molecule has 0 bridgehead atoms. The van der Waals surface area contributed by atoms with Gasteiger partial charge in [-0.05, 0) is 85.0 Å². The third-order valence-corrected chi connectivity index (χ3v) is 7.24. The maximum absolute atomic E-state index is 11.7. The Kier molecular flexibility index (Phi) is 4.62. The van der Waals surface area contributed by atoms with Gasteiger partial charge in [0.05, 0.1) is 6.10 Å². The second kappa shape index (κ2) is 6.82. The molecule has 27 heavy (non-hydrogen) atoms. The van der Waals surface area contributed by atoms with E-state index in [0.29, 0.717) is 23.5 Å². The van der Waals surface area contributed by atoms with Crippen LogP contribution in [0.4, 0.5) is 4.79 Å². The zero-order chi connectivity index (χ0) is 19.2. The number of amides is 1. The molecule has 1 aromatic rings. The second-order valence-corrected chi connectivity index (χ2v) is 8.55. The molecule has 3 aliphatic carbocycles. The van der Waals surface area contributed by atoms with Gasteiger partial charge < -0.3 is 20.3 Å². The number of carbonyl (C=O) groups excluding carboxylic acids is 1. The van der Waals surface area contributed by atoms with E-state index in [-0.39, 0.29) is 11.5 Å². The SMILES string of the molecule is C[C@]12CC[C@@H]3c4ccc(OC(=O)NCC(=O)O)cc4CC[C@H]3[C@@H]1CC[C@@H]2O. The van der Waals surface area contributed by atoms with Crippen molar-refractivity contribution in [2.24, 2.45) is 17.3 Å². The van der Waals surface area contributed by atoms with Gasteiger partial charge in [-0.25, -0.2) is 4.79 Å². The van der Waals surface area contributed by atoms with Crippen molar-refractivity contribution in [3.8, 4) is 5.75 Å². The van der Waals surface area contributed by atoms with Crippen molar-refractivity contribution in [2.45, 2.75) is 57.5 Å². The van der Waals surface area contributed by atoms with Crippen LogP contribution in [0.5, 0.6) is 5.75 Å². The van der Waals surface area contributed by atoms with Crippen molar-refractivity contribution in [2.75, 3.05) is 6.54 Å². The summed E-state index contributed by atoms with van der Waals surface area (Å²) in [5.41, 5.74) is 2.65. The minimum atomic E-state index is -1.11. The summed E-state index contributed by atoms with van der Waals surface area (Å²) in [6.45, 7) is 1.81. The van der Waals surface area contributed by atoms with E-state index in [2.05, 4.69) is 18.3 Å². The van der Waals surface area contributed by atoms with Gasteiger partial charge in [-0.3, -0.25) is 4.79 Å². The zero-order valence-corrected chi connectivity index (χ0v) is 15.6. The van der Waals surface area contributed by atoms with Gasteiger partial charge in [0.15, 0.2) is 0 Å². The van der Waals surface area contributed by atoms with Crippen molar-refractivity contribution in [3.05, 3.63) is 29.3 Å². The van der Waals surface area contributed by atoms with Crippen LogP contribution in [0.3, 0.4) is 0 Å². The molecule has 2 saturated carbocycles. The topological polar surface area (TPSA) is 95.9 Å². The average molecular weight is 373 g/mol. The molecule has 6 nitrogen and oxygen atoms in total. The third-order valence-electron chi connectivity index (χ3n) is 7.24. The minimum absolute atomic E-state index is 0.0734. The Hall–Kier alpha value is -2.08. The highest BCUT2D eigenvalue weighted by atomic mass is 16.6. The van der Waals surface area contributed by atoms with Gasteiger partial charge in [-0.1, -0.05) is 13.0 Å². The second-order valence-electron chi connectivity index (χ2n) is 8.55. The number of aliphatic hydroxyl groups is 1. The van der Waals surface area contributed by atoms with E-state index in [9.17, 15) is 14.7 Å². The molecule has 0 saturated heterocycles. The minimum Gasteiger partial charge on any atom is -0.480 e. The van der Waals surface area contributed by atoms with Gasteiger partial charge in [-0.15, -0.1) is 0 Å². The molecule has 3 N–H and O–H groups in total. The molecule has 6 heteroatoms. The number of ether oxygens (including phenoxy) is 1. The van der Waals surface area contributed by atoms with Gasteiger partial charge in [0.2, 0.25) is 0 Å². The van der Waals surface area contributed by atoms with Crippen molar-refractivity contribution >= 4 is 12.1 Å². The van der Waals surface area contributed by atoms with Gasteiger partial charge >= 0.3 is 12.1 Å². The van der Waals surface area contributed by atoms with Crippen LogP contribution in [-0.4, -0.2) is 34.9 Å². The van der Waals surface area contributed by atoms with Crippen molar-refractivity contribution in [3.63, 3.8) is 0 Å². The Labute approximate surface area is 158 Å². The number of hydrogen-bond donors (Lipinski definition) is 3. The molecule has 0 radical (unpaired) electrons. The predicted octanol–water partition coefficient (Wildman–Crippen LogP) is 3.08. The number of hydrogen-bond acceptors (Lipinski definition) is 4. The molecule has 1 amide bonds. The van der Waals surface area contributed by atoms with Crippen molar-refractivity contribution in [1.29, 1.82) is 0 Å². The number of aliphatic hydroxyl groups excluding tert-OH is 1. The van der Waals surface area contributed by atoms with Crippen LogP contribution in [0, 0.1) is 17.3 Å². The average Bonchev–Trinajstić information content (AvgIpc) is 2.94. The number of aliphatic carboxylic acids is 1. The van der Waals surface area contributed by atoms with E-state index < -0.39 is 18.6 Å². The van der Waals surface area contributed by atoms with E-state index >= 15 is 0 Å². The van der Waals surface area contributed by atoms with Gasteiger partial charge in [0.25, 0.3) is 0 Å². The maximum atomic E-state index is 11.7. The van der Waals surface area contributed by atoms with Crippen molar-refractivity contribution < 1.29 is 24.5 Å². The molecule has 146 valence electrons. The lowest BCUT2D eigenvalue weighted by Gasteiger charge is -2.50. The summed E-state index contributed by atoms with van der Waals surface area (Å²) < 4.78 is 5.22. The lowest BCUT2D eigenvalue weighted by atomic mass is 9.55. The van der Waals surface area contributed by atoms with Gasteiger partial charge in [0, 0.05) is 0 Å². The number of carbonyl (C=O) groups is 2. The quantitative estimate of drug-likeness (QED) is 0.757. The molecule has 0 unspecified atom stereocenters. The molecule has 4 rings (SSSR count). The molecule has 0 aromatic heterocycles. The van der Waals surface area contributed by atoms with Crippen molar-refractivity contribution in [1.82, 2.24) is 5.32 Å².